The van der Waals surface area contributed by atoms with E-state index in [0.29, 0.717) is 34.0 Å². The van der Waals surface area contributed by atoms with Crippen molar-refractivity contribution >= 4 is 35.0 Å². The SMILES string of the molecule is COc1ccc(-c2nnc(SCCC(=O)Nc3ccc(Cl)cc3)o2)cc1. The Hall–Kier alpha value is -2.51. The lowest BCUT2D eigenvalue weighted by Crippen LogP contribution is -2.11. The summed E-state index contributed by atoms with van der Waals surface area (Å²) >= 11 is 7.15. The van der Waals surface area contributed by atoms with Gasteiger partial charge in [-0.15, -0.1) is 10.2 Å². The number of ether oxygens (including phenoxy) is 1. The molecule has 0 radical (unpaired) electrons. The van der Waals surface area contributed by atoms with Crippen LogP contribution in [0.15, 0.2) is 58.2 Å². The zero-order chi connectivity index (χ0) is 18.4. The summed E-state index contributed by atoms with van der Waals surface area (Å²) in [5, 5.41) is 11.9. The molecule has 0 aliphatic rings. The molecule has 2 aromatic carbocycles. The Bertz CT molecular complexity index is 866. The molecule has 0 aliphatic carbocycles. The summed E-state index contributed by atoms with van der Waals surface area (Å²) < 4.78 is 10.7. The van der Waals surface area contributed by atoms with Gasteiger partial charge in [0.1, 0.15) is 5.75 Å². The zero-order valence-corrected chi connectivity index (χ0v) is 15.5. The molecule has 0 fully saturated rings. The van der Waals surface area contributed by atoms with Gasteiger partial charge in [-0.2, -0.15) is 0 Å². The van der Waals surface area contributed by atoms with Crippen molar-refractivity contribution in [1.29, 1.82) is 0 Å². The average molecular weight is 390 g/mol. The number of halogens is 1. The Labute approximate surface area is 159 Å². The number of amides is 1. The van der Waals surface area contributed by atoms with Crippen molar-refractivity contribution in [3.8, 4) is 17.2 Å². The maximum atomic E-state index is 11.9. The van der Waals surface area contributed by atoms with Crippen LogP contribution in [0.5, 0.6) is 5.75 Å². The second-order valence-electron chi connectivity index (χ2n) is 5.26. The topological polar surface area (TPSA) is 77.2 Å². The molecule has 26 heavy (non-hydrogen) atoms. The van der Waals surface area contributed by atoms with Gasteiger partial charge >= 0.3 is 0 Å². The first-order valence-corrected chi connectivity index (χ1v) is 9.16. The van der Waals surface area contributed by atoms with Crippen molar-refractivity contribution in [2.75, 3.05) is 18.2 Å². The number of carbonyl (C=O) groups is 1. The highest BCUT2D eigenvalue weighted by atomic mass is 35.5. The van der Waals surface area contributed by atoms with Crippen LogP contribution in [0.25, 0.3) is 11.5 Å². The summed E-state index contributed by atoms with van der Waals surface area (Å²) in [4.78, 5) is 11.9. The van der Waals surface area contributed by atoms with E-state index in [0.717, 1.165) is 11.3 Å². The summed E-state index contributed by atoms with van der Waals surface area (Å²) in [6.07, 6.45) is 0.327. The summed E-state index contributed by atoms with van der Waals surface area (Å²) in [7, 11) is 1.61. The van der Waals surface area contributed by atoms with Crippen LogP contribution in [0.3, 0.4) is 0 Å². The minimum atomic E-state index is -0.0882. The smallest absolute Gasteiger partial charge is 0.276 e. The van der Waals surface area contributed by atoms with Gasteiger partial charge in [0.05, 0.1) is 7.11 Å². The Morgan fingerprint density at radius 1 is 1.15 bits per heavy atom. The third-order valence-electron chi connectivity index (χ3n) is 3.43. The van der Waals surface area contributed by atoms with Gasteiger partial charge in [-0.05, 0) is 48.5 Å². The van der Waals surface area contributed by atoms with Crippen LogP contribution < -0.4 is 10.1 Å². The third kappa shape index (κ3) is 5.00. The van der Waals surface area contributed by atoms with E-state index in [2.05, 4.69) is 15.5 Å². The maximum Gasteiger partial charge on any atom is 0.276 e. The van der Waals surface area contributed by atoms with E-state index >= 15 is 0 Å². The summed E-state index contributed by atoms with van der Waals surface area (Å²) in [5.74, 6) is 1.63. The van der Waals surface area contributed by atoms with Crippen molar-refractivity contribution < 1.29 is 13.9 Å². The molecule has 0 aliphatic heterocycles. The molecular formula is C18H16ClN3O3S. The van der Waals surface area contributed by atoms with E-state index < -0.39 is 0 Å². The second kappa shape index (κ2) is 8.73. The van der Waals surface area contributed by atoms with Crippen molar-refractivity contribution in [2.45, 2.75) is 11.6 Å². The Kier molecular flexibility index (Phi) is 6.14. The first-order valence-electron chi connectivity index (χ1n) is 7.80. The monoisotopic (exact) mass is 389 g/mol. The molecule has 0 unspecified atom stereocenters. The van der Waals surface area contributed by atoms with E-state index in [4.69, 9.17) is 20.8 Å². The van der Waals surface area contributed by atoms with Crippen molar-refractivity contribution in [3.63, 3.8) is 0 Å². The minimum absolute atomic E-state index is 0.0882. The van der Waals surface area contributed by atoms with Crippen LogP contribution in [-0.2, 0) is 4.79 Å². The van der Waals surface area contributed by atoms with Gasteiger partial charge in [0.2, 0.25) is 11.8 Å². The summed E-state index contributed by atoms with van der Waals surface area (Å²) in [6, 6.07) is 14.3. The number of hydrogen-bond donors (Lipinski definition) is 1. The van der Waals surface area contributed by atoms with Crippen molar-refractivity contribution in [3.05, 3.63) is 53.6 Å². The molecule has 8 heteroatoms. The number of thioether (sulfide) groups is 1. The molecule has 0 atom stereocenters. The van der Waals surface area contributed by atoms with Crippen molar-refractivity contribution in [2.24, 2.45) is 0 Å². The largest absolute Gasteiger partial charge is 0.497 e. The highest BCUT2D eigenvalue weighted by Gasteiger charge is 2.10. The van der Waals surface area contributed by atoms with Gasteiger partial charge in [0.15, 0.2) is 0 Å². The summed E-state index contributed by atoms with van der Waals surface area (Å²) in [6.45, 7) is 0. The molecule has 134 valence electrons. The molecule has 3 rings (SSSR count). The number of hydrogen-bond acceptors (Lipinski definition) is 6. The Morgan fingerprint density at radius 3 is 2.58 bits per heavy atom. The third-order valence-corrected chi connectivity index (χ3v) is 4.50. The lowest BCUT2D eigenvalue weighted by molar-refractivity contribution is -0.115. The van der Waals surface area contributed by atoms with Gasteiger partial charge in [-0.3, -0.25) is 4.79 Å². The van der Waals surface area contributed by atoms with Gasteiger partial charge in [-0.1, -0.05) is 23.4 Å². The average Bonchev–Trinajstić information content (AvgIpc) is 3.12. The van der Waals surface area contributed by atoms with E-state index in [1.165, 1.54) is 11.8 Å². The van der Waals surface area contributed by atoms with Gasteiger partial charge in [0.25, 0.3) is 5.22 Å². The number of benzene rings is 2. The van der Waals surface area contributed by atoms with Crippen LogP contribution in [0, 0.1) is 0 Å². The van der Waals surface area contributed by atoms with Crippen LogP contribution in [0.2, 0.25) is 5.02 Å². The van der Waals surface area contributed by atoms with E-state index in [9.17, 15) is 4.79 Å². The molecule has 3 aromatic rings. The number of nitrogens with one attached hydrogen (secondary N) is 1. The molecule has 0 spiro atoms. The lowest BCUT2D eigenvalue weighted by atomic mass is 10.2. The molecule has 0 saturated heterocycles. The number of aromatic nitrogens is 2. The molecule has 0 saturated carbocycles. The highest BCUT2D eigenvalue weighted by molar-refractivity contribution is 7.99. The van der Waals surface area contributed by atoms with E-state index in [1.54, 1.807) is 31.4 Å². The quantitative estimate of drug-likeness (QED) is 0.598. The number of nitrogens with zero attached hydrogens (tertiary/aromatic N) is 2. The number of carbonyl (C=O) groups excluding carboxylic acids is 1. The first-order chi connectivity index (χ1) is 12.6. The second-order valence-corrected chi connectivity index (χ2v) is 6.74. The van der Waals surface area contributed by atoms with E-state index in [1.807, 2.05) is 24.3 Å². The van der Waals surface area contributed by atoms with E-state index in [-0.39, 0.29) is 5.91 Å². The normalized spacial score (nSPS) is 10.5. The molecule has 1 amide bonds. The maximum absolute atomic E-state index is 11.9. The molecule has 1 aromatic heterocycles. The molecule has 1 heterocycles. The predicted molar refractivity (Wildman–Crippen MR) is 102 cm³/mol. The number of methoxy groups -OCH3 is 1. The van der Waals surface area contributed by atoms with Crippen LogP contribution in [0.1, 0.15) is 6.42 Å². The van der Waals surface area contributed by atoms with Gasteiger partial charge in [-0.25, -0.2) is 0 Å². The standard InChI is InChI=1S/C18H16ClN3O3S/c1-24-15-8-2-12(3-9-15)17-21-22-18(25-17)26-11-10-16(23)20-14-6-4-13(19)5-7-14/h2-9H,10-11H2,1H3,(H,20,23). The Balaban J connectivity index is 1.48. The summed E-state index contributed by atoms with van der Waals surface area (Å²) in [5.41, 5.74) is 1.52. The number of rotatable bonds is 7. The molecule has 1 N–H and O–H groups in total. The zero-order valence-electron chi connectivity index (χ0n) is 13.9. The molecular weight excluding hydrogens is 374 g/mol. The lowest BCUT2D eigenvalue weighted by Gasteiger charge is -2.04. The van der Waals surface area contributed by atoms with Gasteiger partial charge < -0.3 is 14.5 Å². The van der Waals surface area contributed by atoms with Crippen molar-refractivity contribution in [1.82, 2.24) is 10.2 Å². The molecule has 6 nitrogen and oxygen atoms in total. The van der Waals surface area contributed by atoms with Gasteiger partial charge in [0, 0.05) is 28.4 Å². The Morgan fingerprint density at radius 2 is 1.88 bits per heavy atom. The number of anilines is 1. The fourth-order valence-corrected chi connectivity index (χ4v) is 2.93. The van der Waals surface area contributed by atoms with Crippen LogP contribution in [-0.4, -0.2) is 29.0 Å². The highest BCUT2D eigenvalue weighted by Crippen LogP contribution is 2.25. The first kappa shape index (κ1) is 18.3. The molecule has 0 bridgehead atoms. The van der Waals surface area contributed by atoms with Crippen LogP contribution >= 0.6 is 23.4 Å². The fourth-order valence-electron chi connectivity index (χ4n) is 2.11. The van der Waals surface area contributed by atoms with Crippen LogP contribution in [0.4, 0.5) is 5.69 Å². The fraction of sp³-hybridized carbons (Fsp3) is 0.167. The minimum Gasteiger partial charge on any atom is -0.497 e. The predicted octanol–water partition coefficient (Wildman–Crippen LogP) is 4.52.